The van der Waals surface area contributed by atoms with Gasteiger partial charge < -0.3 is 9.47 Å². The average molecular weight is 208 g/mol. The van der Waals surface area contributed by atoms with E-state index in [0.29, 0.717) is 12.4 Å². The van der Waals surface area contributed by atoms with E-state index in [1.165, 1.54) is 0 Å². The van der Waals surface area contributed by atoms with Crippen LogP contribution in [-0.2, 0) is 11.2 Å². The Hall–Kier alpha value is -1.51. The first-order valence-corrected chi connectivity index (χ1v) is 5.20. The molecule has 0 aromatic heterocycles. The van der Waals surface area contributed by atoms with E-state index in [9.17, 15) is 4.79 Å². The van der Waals surface area contributed by atoms with E-state index in [2.05, 4.69) is 0 Å². The molecular formula is C12H16O3. The molecule has 0 unspecified atom stereocenters. The minimum Gasteiger partial charge on any atom is -0.434 e. The highest BCUT2D eigenvalue weighted by Crippen LogP contribution is 2.18. The molecule has 1 aromatic carbocycles. The van der Waals surface area contributed by atoms with Gasteiger partial charge in [-0.1, -0.05) is 32.0 Å². The molecule has 0 atom stereocenters. The van der Waals surface area contributed by atoms with Crippen molar-refractivity contribution in [3.05, 3.63) is 29.8 Å². The molecule has 1 rings (SSSR count). The van der Waals surface area contributed by atoms with Crippen LogP contribution in [0, 0.1) is 0 Å². The minimum absolute atomic E-state index is 0.396. The number of carbonyl (C=O) groups excluding carboxylic acids is 1. The Balaban J connectivity index is 2.59. The monoisotopic (exact) mass is 208 g/mol. The Morgan fingerprint density at radius 1 is 1.27 bits per heavy atom. The van der Waals surface area contributed by atoms with Gasteiger partial charge in [0, 0.05) is 0 Å². The lowest BCUT2D eigenvalue weighted by Gasteiger charge is -2.08. The van der Waals surface area contributed by atoms with Crippen LogP contribution in [-0.4, -0.2) is 12.8 Å². The van der Waals surface area contributed by atoms with Gasteiger partial charge in [-0.3, -0.25) is 0 Å². The molecule has 0 aliphatic carbocycles. The summed E-state index contributed by atoms with van der Waals surface area (Å²) >= 11 is 0. The van der Waals surface area contributed by atoms with Crippen LogP contribution in [0.2, 0.25) is 0 Å². The quantitative estimate of drug-likeness (QED) is 0.563. The van der Waals surface area contributed by atoms with Gasteiger partial charge in [0.15, 0.2) is 0 Å². The lowest BCUT2D eigenvalue weighted by Crippen LogP contribution is -2.11. The van der Waals surface area contributed by atoms with Crippen molar-refractivity contribution in [1.29, 1.82) is 0 Å². The zero-order chi connectivity index (χ0) is 11.1. The van der Waals surface area contributed by atoms with Gasteiger partial charge in [-0.25, -0.2) is 4.79 Å². The normalized spacial score (nSPS) is 9.73. The van der Waals surface area contributed by atoms with Gasteiger partial charge in [0.2, 0.25) is 0 Å². The molecule has 15 heavy (non-hydrogen) atoms. The predicted octanol–water partition coefficient (Wildman–Crippen LogP) is 3.17. The SMILES string of the molecule is CCCOC(=O)Oc1ccccc1CC. The van der Waals surface area contributed by atoms with Gasteiger partial charge >= 0.3 is 6.16 Å². The first-order chi connectivity index (χ1) is 7.27. The van der Waals surface area contributed by atoms with Crippen molar-refractivity contribution < 1.29 is 14.3 Å². The van der Waals surface area contributed by atoms with E-state index in [4.69, 9.17) is 9.47 Å². The molecule has 0 bridgehead atoms. The number of rotatable bonds is 4. The maximum atomic E-state index is 11.2. The van der Waals surface area contributed by atoms with Crippen molar-refractivity contribution in [3.63, 3.8) is 0 Å². The Kier molecular flexibility index (Phi) is 4.68. The first kappa shape index (κ1) is 11.6. The van der Waals surface area contributed by atoms with E-state index in [-0.39, 0.29) is 0 Å². The fourth-order valence-electron chi connectivity index (χ4n) is 1.20. The number of benzene rings is 1. The molecule has 3 heteroatoms. The van der Waals surface area contributed by atoms with Crippen molar-refractivity contribution in [2.75, 3.05) is 6.61 Å². The van der Waals surface area contributed by atoms with E-state index < -0.39 is 6.16 Å². The number of para-hydroxylation sites is 1. The molecule has 0 fully saturated rings. The fourth-order valence-corrected chi connectivity index (χ4v) is 1.20. The second kappa shape index (κ2) is 6.06. The molecule has 0 radical (unpaired) electrons. The lowest BCUT2D eigenvalue weighted by molar-refractivity contribution is 0.0988. The van der Waals surface area contributed by atoms with Crippen molar-refractivity contribution in [1.82, 2.24) is 0 Å². The van der Waals surface area contributed by atoms with Gasteiger partial charge in [-0.2, -0.15) is 0 Å². The molecule has 0 aliphatic heterocycles. The van der Waals surface area contributed by atoms with Crippen molar-refractivity contribution >= 4 is 6.16 Å². The Morgan fingerprint density at radius 3 is 2.67 bits per heavy atom. The molecule has 82 valence electrons. The Morgan fingerprint density at radius 2 is 2.00 bits per heavy atom. The van der Waals surface area contributed by atoms with Crippen LogP contribution in [0.25, 0.3) is 0 Å². The Bertz CT molecular complexity index is 320. The molecule has 0 saturated heterocycles. The molecule has 0 N–H and O–H groups in total. The summed E-state index contributed by atoms with van der Waals surface area (Å²) in [6, 6.07) is 7.46. The maximum Gasteiger partial charge on any atom is 0.513 e. The van der Waals surface area contributed by atoms with Gasteiger partial charge in [0.05, 0.1) is 6.61 Å². The average Bonchev–Trinajstić information content (AvgIpc) is 2.27. The topological polar surface area (TPSA) is 35.5 Å². The van der Waals surface area contributed by atoms with Crippen LogP contribution in [0.15, 0.2) is 24.3 Å². The van der Waals surface area contributed by atoms with Crippen LogP contribution < -0.4 is 4.74 Å². The minimum atomic E-state index is -0.627. The number of hydrogen-bond donors (Lipinski definition) is 0. The maximum absolute atomic E-state index is 11.2. The molecule has 3 nitrogen and oxygen atoms in total. The molecular weight excluding hydrogens is 192 g/mol. The Labute approximate surface area is 90.0 Å². The van der Waals surface area contributed by atoms with Crippen LogP contribution in [0.5, 0.6) is 5.75 Å². The first-order valence-electron chi connectivity index (χ1n) is 5.20. The number of hydrogen-bond acceptors (Lipinski definition) is 3. The summed E-state index contributed by atoms with van der Waals surface area (Å²) in [5.74, 6) is 0.584. The van der Waals surface area contributed by atoms with E-state index in [0.717, 1.165) is 18.4 Å². The second-order valence-corrected chi connectivity index (χ2v) is 3.16. The van der Waals surface area contributed by atoms with Gasteiger partial charge in [-0.15, -0.1) is 0 Å². The zero-order valence-electron chi connectivity index (χ0n) is 9.16. The van der Waals surface area contributed by atoms with E-state index in [1.807, 2.05) is 32.0 Å². The predicted molar refractivity (Wildman–Crippen MR) is 58.1 cm³/mol. The fraction of sp³-hybridized carbons (Fsp3) is 0.417. The van der Waals surface area contributed by atoms with E-state index in [1.54, 1.807) is 6.07 Å². The summed E-state index contributed by atoms with van der Waals surface area (Å²) in [5.41, 5.74) is 1.01. The molecule has 0 amide bonds. The summed E-state index contributed by atoms with van der Waals surface area (Å²) < 4.78 is 9.91. The number of carbonyl (C=O) groups is 1. The van der Waals surface area contributed by atoms with Gasteiger partial charge in [0.25, 0.3) is 0 Å². The standard InChI is InChI=1S/C12H16O3/c1-3-9-14-12(13)15-11-8-6-5-7-10(11)4-2/h5-8H,3-4,9H2,1-2H3. The van der Waals surface area contributed by atoms with Gasteiger partial charge in [-0.05, 0) is 24.5 Å². The number of ether oxygens (including phenoxy) is 2. The van der Waals surface area contributed by atoms with Crippen LogP contribution in [0.4, 0.5) is 4.79 Å². The van der Waals surface area contributed by atoms with Crippen molar-refractivity contribution in [3.8, 4) is 5.75 Å². The third-order valence-corrected chi connectivity index (χ3v) is 1.97. The highest BCUT2D eigenvalue weighted by molar-refractivity contribution is 5.64. The second-order valence-electron chi connectivity index (χ2n) is 3.16. The highest BCUT2D eigenvalue weighted by atomic mass is 16.7. The van der Waals surface area contributed by atoms with Gasteiger partial charge in [0.1, 0.15) is 5.75 Å². The molecule has 0 saturated carbocycles. The highest BCUT2D eigenvalue weighted by Gasteiger charge is 2.07. The number of aryl methyl sites for hydroxylation is 1. The third-order valence-electron chi connectivity index (χ3n) is 1.97. The largest absolute Gasteiger partial charge is 0.513 e. The molecule has 0 heterocycles. The summed E-state index contributed by atoms with van der Waals surface area (Å²) in [7, 11) is 0. The third kappa shape index (κ3) is 3.62. The van der Waals surface area contributed by atoms with Crippen LogP contribution >= 0.6 is 0 Å². The van der Waals surface area contributed by atoms with Crippen molar-refractivity contribution in [2.45, 2.75) is 26.7 Å². The molecule has 1 aromatic rings. The van der Waals surface area contributed by atoms with Crippen molar-refractivity contribution in [2.24, 2.45) is 0 Å². The smallest absolute Gasteiger partial charge is 0.434 e. The van der Waals surface area contributed by atoms with Crippen LogP contribution in [0.1, 0.15) is 25.8 Å². The molecule has 0 aliphatic rings. The summed E-state index contributed by atoms with van der Waals surface area (Å²) in [5, 5.41) is 0. The molecule has 0 spiro atoms. The summed E-state index contributed by atoms with van der Waals surface area (Å²) in [6.07, 6.45) is 1.000. The van der Waals surface area contributed by atoms with Crippen LogP contribution in [0.3, 0.4) is 0 Å². The summed E-state index contributed by atoms with van der Waals surface area (Å²) in [6.45, 7) is 4.35. The summed E-state index contributed by atoms with van der Waals surface area (Å²) in [4.78, 5) is 11.2. The lowest BCUT2D eigenvalue weighted by atomic mass is 10.1. The van der Waals surface area contributed by atoms with E-state index >= 15 is 0 Å². The zero-order valence-corrected chi connectivity index (χ0v) is 9.16.